The molecule has 0 radical (unpaired) electrons. The van der Waals surface area contributed by atoms with E-state index in [9.17, 15) is 0 Å². The maximum absolute atomic E-state index is 7.54. The molecular weight excluding hydrogens is 853 g/mol. The number of pyridine rings is 2. The highest BCUT2D eigenvalue weighted by atomic mass is 16.5. The first-order valence-electron chi connectivity index (χ1n) is 24.4. The van der Waals surface area contributed by atoms with Crippen molar-refractivity contribution in [2.24, 2.45) is 0 Å². The van der Waals surface area contributed by atoms with Gasteiger partial charge in [-0.25, -0.2) is 0 Å². The van der Waals surface area contributed by atoms with Crippen molar-refractivity contribution in [2.75, 3.05) is 0 Å². The molecule has 2 spiro atoms. The molecule has 4 nitrogen and oxygen atoms in total. The molecule has 0 fully saturated rings. The highest BCUT2D eigenvalue weighted by molar-refractivity contribution is 5.91. The lowest BCUT2D eigenvalue weighted by atomic mass is 9.51. The Morgan fingerprint density at radius 2 is 0.900 bits per heavy atom. The minimum Gasteiger partial charge on any atom is -0.457 e. The molecule has 2 aliphatic heterocycles. The van der Waals surface area contributed by atoms with Crippen molar-refractivity contribution >= 4 is 0 Å². The van der Waals surface area contributed by atoms with Gasteiger partial charge >= 0.3 is 0 Å². The number of fused-ring (bicyclic) bond motifs is 16. The van der Waals surface area contributed by atoms with Crippen molar-refractivity contribution in [2.45, 2.75) is 49.4 Å². The van der Waals surface area contributed by atoms with Gasteiger partial charge in [-0.2, -0.15) is 0 Å². The molecule has 334 valence electrons. The van der Waals surface area contributed by atoms with Crippen LogP contribution in [-0.2, 0) is 21.7 Å². The van der Waals surface area contributed by atoms with E-state index in [2.05, 4.69) is 222 Å². The zero-order valence-electron chi connectivity index (χ0n) is 39.5. The van der Waals surface area contributed by atoms with Crippen LogP contribution >= 0.6 is 0 Å². The molecule has 0 N–H and O–H groups in total. The predicted molar refractivity (Wildman–Crippen MR) is 279 cm³/mol. The van der Waals surface area contributed by atoms with E-state index in [1.54, 1.807) is 0 Å². The SMILES string of the molecule is CC1(C)c2ccccc2C2(c3ccccc3Oc3c(-c4ccc(-c5cccnc5)c5c4C(C)(C)c4ccccc4C54c5ccccc5Oc5ccccc54)cccc32)c2cc(-c3ccccn3)ccc21. The number of rotatable bonds is 3. The smallest absolute Gasteiger partial charge is 0.140 e. The first-order chi connectivity index (χ1) is 34.2. The number of para-hydroxylation sites is 4. The van der Waals surface area contributed by atoms with E-state index in [4.69, 9.17) is 19.4 Å². The summed E-state index contributed by atoms with van der Waals surface area (Å²) < 4.78 is 14.4. The molecule has 2 aromatic heterocycles. The van der Waals surface area contributed by atoms with Crippen molar-refractivity contribution in [3.63, 3.8) is 0 Å². The minimum atomic E-state index is -0.772. The van der Waals surface area contributed by atoms with E-state index in [-0.39, 0.29) is 5.41 Å². The molecule has 1 atom stereocenters. The molecule has 10 aromatic rings. The van der Waals surface area contributed by atoms with Crippen LogP contribution in [0.1, 0.15) is 94.5 Å². The highest BCUT2D eigenvalue weighted by Gasteiger charge is 2.57. The average Bonchev–Trinajstić information content (AvgIpc) is 3.41. The van der Waals surface area contributed by atoms with Gasteiger partial charge < -0.3 is 9.47 Å². The van der Waals surface area contributed by atoms with E-state index >= 15 is 0 Å². The van der Waals surface area contributed by atoms with E-state index in [1.807, 2.05) is 24.7 Å². The second-order valence-electron chi connectivity index (χ2n) is 20.3. The Morgan fingerprint density at radius 1 is 0.343 bits per heavy atom. The summed E-state index contributed by atoms with van der Waals surface area (Å²) in [5.41, 5.74) is 18.6. The maximum Gasteiger partial charge on any atom is 0.140 e. The average molecular weight is 901 g/mol. The van der Waals surface area contributed by atoms with Crippen molar-refractivity contribution in [1.82, 2.24) is 9.97 Å². The predicted octanol–water partition coefficient (Wildman–Crippen LogP) is 15.7. The Bertz CT molecular complexity index is 3750. The molecule has 70 heavy (non-hydrogen) atoms. The summed E-state index contributed by atoms with van der Waals surface area (Å²) in [5.74, 6) is 3.41. The van der Waals surface area contributed by atoms with Gasteiger partial charge in [-0.3, -0.25) is 9.97 Å². The standard InChI is InChI=1S/C66H48N2O2/c1-63(2)46-21-5-7-23-49(46)65(55-39-41(33-36-48(55)63)56-29-15-16-38-68-56)51-25-9-14-32-59(51)70-62-45(20-17-28-54(62)65)44-35-34-43(42-19-18-37-67-40-42)61-60(44)64(3,4)47-22-6-8-24-50(47)66(61)52-26-10-12-30-57(52)69-58-31-13-11-27-53(58)66/h5-40H,1-4H3. The summed E-state index contributed by atoms with van der Waals surface area (Å²) >= 11 is 0. The fraction of sp³-hybridized carbons (Fsp3) is 0.121. The molecular formula is C66H48N2O2. The molecule has 1 unspecified atom stereocenters. The quantitative estimate of drug-likeness (QED) is 0.177. The molecule has 4 heteroatoms. The van der Waals surface area contributed by atoms with Gasteiger partial charge in [0.05, 0.1) is 16.5 Å². The van der Waals surface area contributed by atoms with Gasteiger partial charge in [0.2, 0.25) is 0 Å². The van der Waals surface area contributed by atoms with Crippen LogP contribution in [0, 0.1) is 0 Å². The fourth-order valence-corrected chi connectivity index (χ4v) is 13.4. The number of hydrogen-bond donors (Lipinski definition) is 0. The number of benzene rings is 8. The van der Waals surface area contributed by atoms with E-state index in [0.29, 0.717) is 0 Å². The van der Waals surface area contributed by atoms with Crippen molar-refractivity contribution in [1.29, 1.82) is 0 Å². The summed E-state index contributed by atoms with van der Waals surface area (Å²) in [6.45, 7) is 9.57. The zero-order valence-corrected chi connectivity index (χ0v) is 39.5. The summed E-state index contributed by atoms with van der Waals surface area (Å²) in [7, 11) is 0. The van der Waals surface area contributed by atoms with Gasteiger partial charge in [0, 0.05) is 68.4 Å². The molecule has 0 saturated heterocycles. The second-order valence-corrected chi connectivity index (χ2v) is 20.3. The zero-order chi connectivity index (χ0) is 47.0. The topological polar surface area (TPSA) is 44.2 Å². The minimum absolute atomic E-state index is 0.298. The third-order valence-corrected chi connectivity index (χ3v) is 16.3. The number of ether oxygens (including phenoxy) is 2. The Labute approximate surface area is 409 Å². The van der Waals surface area contributed by atoms with Crippen LogP contribution < -0.4 is 9.47 Å². The van der Waals surface area contributed by atoms with E-state index in [0.717, 1.165) is 78.8 Å². The second kappa shape index (κ2) is 14.6. The molecule has 2 aliphatic carbocycles. The summed E-state index contributed by atoms with van der Waals surface area (Å²) in [5, 5.41) is 0. The highest BCUT2D eigenvalue weighted by Crippen LogP contribution is 2.67. The van der Waals surface area contributed by atoms with Gasteiger partial charge in [-0.05, 0) is 98.1 Å². The molecule has 0 saturated carbocycles. The Kier molecular flexibility index (Phi) is 8.48. The summed E-state index contributed by atoms with van der Waals surface area (Å²) in [4.78, 5) is 9.63. The molecule has 0 bridgehead atoms. The van der Waals surface area contributed by atoms with Gasteiger partial charge in [0.1, 0.15) is 23.0 Å². The van der Waals surface area contributed by atoms with Crippen molar-refractivity contribution in [3.05, 3.63) is 286 Å². The summed E-state index contributed by atoms with van der Waals surface area (Å²) in [6, 6.07) is 73.3. The fourth-order valence-electron chi connectivity index (χ4n) is 13.4. The van der Waals surface area contributed by atoms with Gasteiger partial charge in [0.25, 0.3) is 0 Å². The van der Waals surface area contributed by atoms with Crippen LogP contribution in [0.4, 0.5) is 0 Å². The van der Waals surface area contributed by atoms with Gasteiger partial charge in [0.15, 0.2) is 0 Å². The maximum atomic E-state index is 7.54. The van der Waals surface area contributed by atoms with Crippen LogP contribution in [0.15, 0.2) is 219 Å². The van der Waals surface area contributed by atoms with Crippen LogP contribution in [-0.4, -0.2) is 9.97 Å². The third kappa shape index (κ3) is 5.20. The lowest BCUT2D eigenvalue weighted by molar-refractivity contribution is 0.424. The molecule has 4 heterocycles. The van der Waals surface area contributed by atoms with E-state index in [1.165, 1.54) is 44.5 Å². The van der Waals surface area contributed by atoms with Crippen LogP contribution in [0.2, 0.25) is 0 Å². The Balaban J connectivity index is 1.14. The number of hydrogen-bond acceptors (Lipinski definition) is 4. The molecule has 4 aliphatic rings. The summed E-state index contributed by atoms with van der Waals surface area (Å²) in [6.07, 6.45) is 5.76. The lowest BCUT2D eigenvalue weighted by Crippen LogP contribution is -2.44. The largest absolute Gasteiger partial charge is 0.457 e. The Morgan fingerprint density at radius 3 is 1.56 bits per heavy atom. The van der Waals surface area contributed by atoms with Gasteiger partial charge in [-0.1, -0.05) is 185 Å². The molecule has 0 amide bonds. The number of nitrogens with zero attached hydrogens (tertiary/aromatic N) is 2. The van der Waals surface area contributed by atoms with Crippen LogP contribution in [0.5, 0.6) is 23.0 Å². The lowest BCUT2D eigenvalue weighted by Gasteiger charge is -2.52. The van der Waals surface area contributed by atoms with E-state index < -0.39 is 16.2 Å². The first-order valence-corrected chi connectivity index (χ1v) is 24.4. The van der Waals surface area contributed by atoms with Crippen molar-refractivity contribution in [3.8, 4) is 56.5 Å². The molecule has 14 rings (SSSR count). The van der Waals surface area contributed by atoms with Crippen LogP contribution in [0.25, 0.3) is 33.5 Å². The van der Waals surface area contributed by atoms with Crippen molar-refractivity contribution < 1.29 is 9.47 Å². The number of aromatic nitrogens is 2. The normalized spacial score (nSPS) is 17.5. The third-order valence-electron chi connectivity index (χ3n) is 16.3. The molecule has 8 aromatic carbocycles. The van der Waals surface area contributed by atoms with Crippen LogP contribution in [0.3, 0.4) is 0 Å². The first kappa shape index (κ1) is 40.7. The van der Waals surface area contributed by atoms with Gasteiger partial charge in [-0.15, -0.1) is 0 Å². The monoisotopic (exact) mass is 900 g/mol. The Hall–Kier alpha value is -8.34.